The minimum absolute atomic E-state index is 0.518. The number of hydrogen-bond acceptors (Lipinski definition) is 2. The molecule has 1 heterocycles. The Bertz CT molecular complexity index is 511. The number of fused-ring (bicyclic) bond motifs is 1. The SMILES string of the molecule is c1ccc(Oc2ccc3c(c2)[Se]CCO3)cc1. The second kappa shape index (κ2) is 4.82. The first-order valence-electron chi connectivity index (χ1n) is 5.54. The van der Waals surface area contributed by atoms with Crippen LogP contribution < -0.4 is 13.9 Å². The van der Waals surface area contributed by atoms with Gasteiger partial charge in [0, 0.05) is 0 Å². The molecule has 0 amide bonds. The number of para-hydroxylation sites is 1. The molecule has 0 N–H and O–H groups in total. The minimum atomic E-state index is 0.518. The molecule has 1 aliphatic heterocycles. The van der Waals surface area contributed by atoms with Crippen LogP contribution in [-0.4, -0.2) is 21.6 Å². The summed E-state index contributed by atoms with van der Waals surface area (Å²) < 4.78 is 12.7. The summed E-state index contributed by atoms with van der Waals surface area (Å²) in [6, 6.07) is 15.9. The molecule has 0 atom stereocenters. The maximum atomic E-state index is 5.80. The van der Waals surface area contributed by atoms with E-state index in [2.05, 4.69) is 6.07 Å². The summed E-state index contributed by atoms with van der Waals surface area (Å²) in [5, 5.41) is 1.15. The van der Waals surface area contributed by atoms with Crippen molar-refractivity contribution in [3.8, 4) is 17.2 Å². The van der Waals surface area contributed by atoms with Gasteiger partial charge in [0.1, 0.15) is 0 Å². The summed E-state index contributed by atoms with van der Waals surface area (Å²) in [6.45, 7) is 0.853. The molecule has 2 nitrogen and oxygen atoms in total. The van der Waals surface area contributed by atoms with Crippen LogP contribution in [-0.2, 0) is 0 Å². The van der Waals surface area contributed by atoms with Crippen LogP contribution in [0, 0.1) is 0 Å². The molecule has 0 radical (unpaired) electrons. The van der Waals surface area contributed by atoms with Gasteiger partial charge >= 0.3 is 107 Å². The molecule has 0 saturated carbocycles. The van der Waals surface area contributed by atoms with E-state index >= 15 is 0 Å². The van der Waals surface area contributed by atoms with E-state index in [-0.39, 0.29) is 0 Å². The molecule has 0 aliphatic carbocycles. The Kier molecular flexibility index (Phi) is 3.03. The molecule has 0 fully saturated rings. The van der Waals surface area contributed by atoms with Crippen molar-refractivity contribution in [2.75, 3.05) is 6.61 Å². The first kappa shape index (κ1) is 10.7. The van der Waals surface area contributed by atoms with E-state index in [1.54, 1.807) is 0 Å². The third-order valence-corrected chi connectivity index (χ3v) is 4.59. The van der Waals surface area contributed by atoms with Crippen LogP contribution >= 0.6 is 0 Å². The van der Waals surface area contributed by atoms with Crippen LogP contribution in [0.4, 0.5) is 0 Å². The van der Waals surface area contributed by atoms with Crippen molar-refractivity contribution in [3.05, 3.63) is 48.5 Å². The van der Waals surface area contributed by atoms with Crippen molar-refractivity contribution in [3.63, 3.8) is 0 Å². The summed E-state index contributed by atoms with van der Waals surface area (Å²) in [5.74, 6) is 2.79. The zero-order valence-electron chi connectivity index (χ0n) is 9.26. The monoisotopic (exact) mass is 292 g/mol. The first-order valence-corrected chi connectivity index (χ1v) is 7.61. The molecule has 86 valence electrons. The van der Waals surface area contributed by atoms with Crippen LogP contribution in [0.25, 0.3) is 0 Å². The summed E-state index contributed by atoms with van der Waals surface area (Å²) in [4.78, 5) is 0. The van der Waals surface area contributed by atoms with Gasteiger partial charge in [-0.05, 0) is 0 Å². The predicted molar refractivity (Wildman–Crippen MR) is 68.6 cm³/mol. The fourth-order valence-electron chi connectivity index (χ4n) is 1.71. The van der Waals surface area contributed by atoms with Gasteiger partial charge in [-0.2, -0.15) is 0 Å². The van der Waals surface area contributed by atoms with E-state index in [0.717, 1.165) is 29.2 Å². The molecular formula is C14H12O2Se. The molecule has 0 saturated heterocycles. The molecule has 0 unspecified atom stereocenters. The van der Waals surface area contributed by atoms with E-state index in [9.17, 15) is 0 Å². The number of ether oxygens (including phenoxy) is 2. The van der Waals surface area contributed by atoms with E-state index in [1.165, 1.54) is 4.46 Å². The zero-order valence-corrected chi connectivity index (χ0v) is 11.0. The van der Waals surface area contributed by atoms with Crippen molar-refractivity contribution in [1.29, 1.82) is 0 Å². The molecule has 0 aromatic heterocycles. The summed E-state index contributed by atoms with van der Waals surface area (Å²) in [5.41, 5.74) is 0. The van der Waals surface area contributed by atoms with Crippen LogP contribution in [0.5, 0.6) is 17.2 Å². The van der Waals surface area contributed by atoms with Gasteiger partial charge in [0.05, 0.1) is 0 Å². The van der Waals surface area contributed by atoms with Gasteiger partial charge in [-0.25, -0.2) is 0 Å². The van der Waals surface area contributed by atoms with Crippen LogP contribution in [0.15, 0.2) is 48.5 Å². The van der Waals surface area contributed by atoms with Gasteiger partial charge in [0.15, 0.2) is 0 Å². The van der Waals surface area contributed by atoms with E-state index in [0.29, 0.717) is 15.0 Å². The predicted octanol–water partition coefficient (Wildman–Crippen LogP) is 2.62. The van der Waals surface area contributed by atoms with E-state index in [1.807, 2.05) is 42.5 Å². The van der Waals surface area contributed by atoms with E-state index < -0.39 is 0 Å². The molecule has 0 spiro atoms. The van der Waals surface area contributed by atoms with Crippen molar-refractivity contribution in [2.24, 2.45) is 0 Å². The summed E-state index contributed by atoms with van der Waals surface area (Å²) in [6.07, 6.45) is 0. The van der Waals surface area contributed by atoms with Crippen LogP contribution in [0.3, 0.4) is 0 Å². The van der Waals surface area contributed by atoms with Crippen molar-refractivity contribution < 1.29 is 9.47 Å². The van der Waals surface area contributed by atoms with Crippen molar-refractivity contribution in [1.82, 2.24) is 0 Å². The quantitative estimate of drug-likeness (QED) is 0.792. The van der Waals surface area contributed by atoms with Gasteiger partial charge in [-0.15, -0.1) is 0 Å². The van der Waals surface area contributed by atoms with Gasteiger partial charge in [-0.3, -0.25) is 0 Å². The molecule has 17 heavy (non-hydrogen) atoms. The topological polar surface area (TPSA) is 18.5 Å². The second-order valence-corrected chi connectivity index (χ2v) is 6.11. The van der Waals surface area contributed by atoms with E-state index in [4.69, 9.17) is 9.47 Å². The van der Waals surface area contributed by atoms with Crippen molar-refractivity contribution >= 4 is 19.4 Å². The maximum absolute atomic E-state index is 5.80. The Morgan fingerprint density at radius 3 is 2.76 bits per heavy atom. The number of benzene rings is 2. The Morgan fingerprint density at radius 1 is 1.00 bits per heavy atom. The fraction of sp³-hybridized carbons (Fsp3) is 0.143. The molecule has 2 aromatic rings. The van der Waals surface area contributed by atoms with Crippen LogP contribution in [0.1, 0.15) is 0 Å². The normalized spacial score (nSPS) is 13.6. The third kappa shape index (κ3) is 2.46. The molecule has 0 bridgehead atoms. The van der Waals surface area contributed by atoms with Gasteiger partial charge in [0.2, 0.25) is 0 Å². The van der Waals surface area contributed by atoms with Crippen LogP contribution in [0.2, 0.25) is 5.32 Å². The second-order valence-electron chi connectivity index (χ2n) is 3.72. The number of hydrogen-bond donors (Lipinski definition) is 0. The molecule has 3 heteroatoms. The molecular weight excluding hydrogens is 279 g/mol. The zero-order chi connectivity index (χ0) is 11.5. The first-order chi connectivity index (χ1) is 8.42. The van der Waals surface area contributed by atoms with Gasteiger partial charge in [0.25, 0.3) is 0 Å². The molecule has 1 aliphatic rings. The third-order valence-electron chi connectivity index (χ3n) is 2.49. The number of rotatable bonds is 2. The average molecular weight is 291 g/mol. The summed E-state index contributed by atoms with van der Waals surface area (Å²) >= 11 is 0.518. The standard InChI is InChI=1S/C14H12O2Se/c1-2-4-11(5-3-1)16-12-6-7-13-14(10-12)17-9-8-15-13/h1-7,10H,8-9H2. The molecule has 3 rings (SSSR count). The Morgan fingerprint density at radius 2 is 1.88 bits per heavy atom. The molecule has 2 aromatic carbocycles. The van der Waals surface area contributed by atoms with Gasteiger partial charge in [-0.1, -0.05) is 0 Å². The van der Waals surface area contributed by atoms with Crippen molar-refractivity contribution in [2.45, 2.75) is 5.32 Å². The summed E-state index contributed by atoms with van der Waals surface area (Å²) in [7, 11) is 0. The Hall–Kier alpha value is -1.44. The Labute approximate surface area is 107 Å². The Balaban J connectivity index is 1.84. The average Bonchev–Trinajstić information content (AvgIpc) is 2.40. The fourth-order valence-corrected chi connectivity index (χ4v) is 3.51. The van der Waals surface area contributed by atoms with Gasteiger partial charge < -0.3 is 0 Å².